The average molecular weight is 318 g/mol. The van der Waals surface area contributed by atoms with Crippen LogP contribution in [0.15, 0.2) is 22.5 Å². The SMILES string of the molecule is COc1ccc2nc(SCCCBr)sc2c1. The van der Waals surface area contributed by atoms with E-state index in [2.05, 4.69) is 20.9 Å². The molecule has 0 aliphatic rings. The fourth-order valence-corrected chi connectivity index (χ4v) is 4.04. The number of fused-ring (bicyclic) bond motifs is 1. The van der Waals surface area contributed by atoms with Crippen molar-refractivity contribution >= 4 is 49.2 Å². The van der Waals surface area contributed by atoms with Gasteiger partial charge < -0.3 is 4.74 Å². The van der Waals surface area contributed by atoms with Crippen molar-refractivity contribution < 1.29 is 4.74 Å². The van der Waals surface area contributed by atoms with E-state index in [9.17, 15) is 0 Å². The van der Waals surface area contributed by atoms with Crippen molar-refractivity contribution in [2.75, 3.05) is 18.2 Å². The predicted octanol–water partition coefficient (Wildman–Crippen LogP) is 4.18. The molecule has 0 spiro atoms. The van der Waals surface area contributed by atoms with Crippen LogP contribution in [0.4, 0.5) is 0 Å². The molecule has 2 aromatic rings. The first-order chi connectivity index (χ1) is 7.83. The number of alkyl halides is 1. The molecule has 1 aromatic carbocycles. The molecule has 1 heterocycles. The van der Waals surface area contributed by atoms with Crippen molar-refractivity contribution in [3.05, 3.63) is 18.2 Å². The van der Waals surface area contributed by atoms with E-state index >= 15 is 0 Å². The number of hydrogen-bond acceptors (Lipinski definition) is 4. The van der Waals surface area contributed by atoms with Crippen LogP contribution >= 0.6 is 39.0 Å². The van der Waals surface area contributed by atoms with Gasteiger partial charge in [0.2, 0.25) is 0 Å². The van der Waals surface area contributed by atoms with Gasteiger partial charge in [0, 0.05) is 11.1 Å². The third kappa shape index (κ3) is 2.90. The van der Waals surface area contributed by atoms with Gasteiger partial charge in [-0.1, -0.05) is 27.7 Å². The first-order valence-electron chi connectivity index (χ1n) is 4.97. The Morgan fingerprint density at radius 2 is 2.38 bits per heavy atom. The fraction of sp³-hybridized carbons (Fsp3) is 0.364. The topological polar surface area (TPSA) is 22.1 Å². The van der Waals surface area contributed by atoms with E-state index in [4.69, 9.17) is 4.74 Å². The van der Waals surface area contributed by atoms with E-state index in [-0.39, 0.29) is 0 Å². The minimum Gasteiger partial charge on any atom is -0.497 e. The Hall–Kier alpha value is -0.260. The van der Waals surface area contributed by atoms with Crippen LogP contribution in [0.3, 0.4) is 0 Å². The Bertz CT molecular complexity index is 472. The minimum atomic E-state index is 0.896. The Morgan fingerprint density at radius 3 is 3.12 bits per heavy atom. The van der Waals surface area contributed by atoms with Gasteiger partial charge in [-0.05, 0) is 24.6 Å². The van der Waals surface area contributed by atoms with E-state index in [1.165, 1.54) is 11.1 Å². The second kappa shape index (κ2) is 5.89. The van der Waals surface area contributed by atoms with Crippen molar-refractivity contribution in [3.8, 4) is 5.75 Å². The standard InChI is InChI=1S/C11H12BrNOS2/c1-14-8-3-4-9-10(7-8)16-11(13-9)15-6-2-5-12/h3-4,7H,2,5-6H2,1H3. The van der Waals surface area contributed by atoms with Gasteiger partial charge in [-0.25, -0.2) is 4.98 Å². The Labute approximate surface area is 112 Å². The summed E-state index contributed by atoms with van der Waals surface area (Å²) in [5.74, 6) is 2.01. The van der Waals surface area contributed by atoms with Gasteiger partial charge in [0.15, 0.2) is 4.34 Å². The van der Waals surface area contributed by atoms with E-state index in [0.717, 1.165) is 26.7 Å². The lowest BCUT2D eigenvalue weighted by atomic mass is 10.3. The predicted molar refractivity (Wildman–Crippen MR) is 75.3 cm³/mol. The number of ether oxygens (including phenoxy) is 1. The van der Waals surface area contributed by atoms with Crippen molar-refractivity contribution in [2.45, 2.75) is 10.8 Å². The highest BCUT2D eigenvalue weighted by Gasteiger charge is 2.05. The summed E-state index contributed by atoms with van der Waals surface area (Å²) >= 11 is 6.98. The molecule has 0 N–H and O–H groups in total. The van der Waals surface area contributed by atoms with Crippen LogP contribution in [0.25, 0.3) is 10.2 Å². The second-order valence-electron chi connectivity index (χ2n) is 3.20. The zero-order valence-corrected chi connectivity index (χ0v) is 12.1. The third-order valence-corrected chi connectivity index (χ3v) is 4.89. The zero-order valence-electron chi connectivity index (χ0n) is 8.90. The lowest BCUT2D eigenvalue weighted by Crippen LogP contribution is -1.80. The Balaban J connectivity index is 2.16. The smallest absolute Gasteiger partial charge is 0.151 e. The Morgan fingerprint density at radius 1 is 1.50 bits per heavy atom. The molecule has 16 heavy (non-hydrogen) atoms. The number of hydrogen-bond donors (Lipinski definition) is 0. The normalized spacial score (nSPS) is 10.9. The van der Waals surface area contributed by atoms with Crippen LogP contribution in [-0.2, 0) is 0 Å². The summed E-state index contributed by atoms with van der Waals surface area (Å²) in [4.78, 5) is 4.57. The maximum atomic E-state index is 5.20. The number of nitrogens with zero attached hydrogens (tertiary/aromatic N) is 1. The number of benzene rings is 1. The van der Waals surface area contributed by atoms with Crippen molar-refractivity contribution in [1.29, 1.82) is 0 Å². The zero-order chi connectivity index (χ0) is 11.4. The lowest BCUT2D eigenvalue weighted by Gasteiger charge is -1.96. The number of methoxy groups -OCH3 is 1. The van der Waals surface area contributed by atoms with Crippen LogP contribution in [0, 0.1) is 0 Å². The molecular weight excluding hydrogens is 306 g/mol. The number of aromatic nitrogens is 1. The highest BCUT2D eigenvalue weighted by molar-refractivity contribution is 9.09. The summed E-state index contributed by atoms with van der Waals surface area (Å²) in [6.45, 7) is 0. The first kappa shape index (κ1) is 12.2. The second-order valence-corrected chi connectivity index (χ2v) is 6.37. The molecule has 1 aromatic heterocycles. The molecular formula is C11H12BrNOS2. The molecule has 0 atom stereocenters. The Kier molecular flexibility index (Phi) is 4.49. The summed E-state index contributed by atoms with van der Waals surface area (Å²) in [5, 5.41) is 1.05. The quantitative estimate of drug-likeness (QED) is 0.469. The molecule has 0 radical (unpaired) electrons. The maximum Gasteiger partial charge on any atom is 0.151 e. The van der Waals surface area contributed by atoms with Crippen molar-refractivity contribution in [1.82, 2.24) is 4.98 Å². The highest BCUT2D eigenvalue weighted by Crippen LogP contribution is 2.31. The van der Waals surface area contributed by atoms with Gasteiger partial charge >= 0.3 is 0 Å². The monoisotopic (exact) mass is 317 g/mol. The molecule has 86 valence electrons. The van der Waals surface area contributed by atoms with Crippen LogP contribution in [0.2, 0.25) is 0 Å². The van der Waals surface area contributed by atoms with E-state index < -0.39 is 0 Å². The van der Waals surface area contributed by atoms with Crippen LogP contribution in [0.5, 0.6) is 5.75 Å². The molecule has 0 saturated heterocycles. The van der Waals surface area contributed by atoms with Gasteiger partial charge in [-0.2, -0.15) is 0 Å². The highest BCUT2D eigenvalue weighted by atomic mass is 79.9. The lowest BCUT2D eigenvalue weighted by molar-refractivity contribution is 0.415. The first-order valence-corrected chi connectivity index (χ1v) is 7.89. The molecule has 0 aliphatic carbocycles. The molecule has 0 amide bonds. The molecule has 2 rings (SSSR count). The minimum absolute atomic E-state index is 0.896. The number of rotatable bonds is 5. The summed E-state index contributed by atoms with van der Waals surface area (Å²) in [7, 11) is 1.69. The van der Waals surface area contributed by atoms with E-state index in [0.29, 0.717) is 0 Å². The van der Waals surface area contributed by atoms with Crippen LogP contribution in [-0.4, -0.2) is 23.2 Å². The maximum absolute atomic E-state index is 5.20. The molecule has 0 unspecified atom stereocenters. The van der Waals surface area contributed by atoms with Crippen LogP contribution < -0.4 is 4.74 Å². The summed E-state index contributed by atoms with van der Waals surface area (Å²) in [6, 6.07) is 6.01. The molecule has 0 bridgehead atoms. The molecule has 5 heteroatoms. The summed E-state index contributed by atoms with van der Waals surface area (Å²) in [5.41, 5.74) is 1.06. The molecule has 0 saturated carbocycles. The summed E-state index contributed by atoms with van der Waals surface area (Å²) in [6.07, 6.45) is 1.17. The van der Waals surface area contributed by atoms with Gasteiger partial charge in [-0.3, -0.25) is 0 Å². The van der Waals surface area contributed by atoms with E-state index in [1.54, 1.807) is 18.4 Å². The fourth-order valence-electron chi connectivity index (χ4n) is 1.29. The third-order valence-electron chi connectivity index (χ3n) is 2.08. The van der Waals surface area contributed by atoms with Crippen molar-refractivity contribution in [2.24, 2.45) is 0 Å². The van der Waals surface area contributed by atoms with Gasteiger partial charge in [-0.15, -0.1) is 11.3 Å². The number of halogens is 1. The number of thiazole rings is 1. The van der Waals surface area contributed by atoms with Gasteiger partial charge in [0.05, 0.1) is 17.3 Å². The molecule has 0 fully saturated rings. The average Bonchev–Trinajstić information content (AvgIpc) is 2.70. The van der Waals surface area contributed by atoms with Gasteiger partial charge in [0.25, 0.3) is 0 Å². The largest absolute Gasteiger partial charge is 0.497 e. The number of thioether (sulfide) groups is 1. The van der Waals surface area contributed by atoms with Crippen LogP contribution in [0.1, 0.15) is 6.42 Å². The van der Waals surface area contributed by atoms with Gasteiger partial charge in [0.1, 0.15) is 5.75 Å². The van der Waals surface area contributed by atoms with Crippen molar-refractivity contribution in [3.63, 3.8) is 0 Å². The molecule has 2 nitrogen and oxygen atoms in total. The summed E-state index contributed by atoms with van der Waals surface area (Å²) < 4.78 is 7.53. The molecule has 0 aliphatic heterocycles. The van der Waals surface area contributed by atoms with E-state index in [1.807, 2.05) is 30.0 Å².